The SMILES string of the molecule is CCCCCCCCCC/C=C\CCCCCCCCCCCCCCCCCCCC(=O)OCC(COC(=O)CCCCCCCCCCCC)OC(=O)CCCCCCCCCCCCCCCCCCCCCC. The van der Waals surface area contributed by atoms with Gasteiger partial charge in [-0.1, -0.05) is 354 Å². The lowest BCUT2D eigenvalue weighted by atomic mass is 10.0. The van der Waals surface area contributed by atoms with Crippen LogP contribution in [0.15, 0.2) is 12.2 Å². The molecule has 1 atom stereocenters. The average molecular weight is 1090 g/mol. The molecule has 6 nitrogen and oxygen atoms in total. The van der Waals surface area contributed by atoms with Crippen LogP contribution in [0.25, 0.3) is 0 Å². The van der Waals surface area contributed by atoms with Crippen LogP contribution in [0.3, 0.4) is 0 Å². The first kappa shape index (κ1) is 75.2. The van der Waals surface area contributed by atoms with Crippen LogP contribution in [0.1, 0.15) is 406 Å². The third kappa shape index (κ3) is 64.9. The van der Waals surface area contributed by atoms with Gasteiger partial charge in [0, 0.05) is 19.3 Å². The first-order valence-corrected chi connectivity index (χ1v) is 35.2. The van der Waals surface area contributed by atoms with Gasteiger partial charge in [0.25, 0.3) is 0 Å². The highest BCUT2D eigenvalue weighted by Gasteiger charge is 2.19. The molecule has 0 aromatic carbocycles. The number of rotatable bonds is 66. The van der Waals surface area contributed by atoms with Crippen LogP contribution in [-0.4, -0.2) is 37.2 Å². The lowest BCUT2D eigenvalue weighted by Crippen LogP contribution is -2.30. The molecule has 0 N–H and O–H groups in total. The van der Waals surface area contributed by atoms with Crippen molar-refractivity contribution < 1.29 is 28.6 Å². The Labute approximate surface area is 481 Å². The number of hydrogen-bond donors (Lipinski definition) is 0. The summed E-state index contributed by atoms with van der Waals surface area (Å²) in [6, 6.07) is 0. The van der Waals surface area contributed by atoms with E-state index in [9.17, 15) is 14.4 Å². The molecule has 0 fully saturated rings. The zero-order valence-electron chi connectivity index (χ0n) is 52.5. The monoisotopic (exact) mass is 1090 g/mol. The van der Waals surface area contributed by atoms with Gasteiger partial charge in [0.15, 0.2) is 6.10 Å². The third-order valence-electron chi connectivity index (χ3n) is 16.3. The Balaban J connectivity index is 4.09. The Kier molecular flexibility index (Phi) is 65.1. The predicted octanol–water partition coefficient (Wildman–Crippen LogP) is 24.0. The van der Waals surface area contributed by atoms with Crippen LogP contribution in [-0.2, 0) is 28.6 Å². The molecule has 0 rings (SSSR count). The standard InChI is InChI=1S/C71H136O6/c1-4-7-10-13-16-19-22-24-26-28-30-32-33-34-35-36-37-38-39-40-42-43-45-47-49-52-55-58-61-64-70(73)76-67-68(66-75-69(72)63-60-57-54-51-21-18-15-12-9-6-3)77-71(74)65-62-59-56-53-50-48-46-44-41-31-29-27-25-23-20-17-14-11-8-5-2/h28,30,68H,4-27,29,31-67H2,1-3H3/b30-28-. The third-order valence-corrected chi connectivity index (χ3v) is 16.3. The summed E-state index contributed by atoms with van der Waals surface area (Å²) in [5.74, 6) is -0.830. The molecule has 1 unspecified atom stereocenters. The van der Waals surface area contributed by atoms with Gasteiger partial charge in [-0.3, -0.25) is 14.4 Å². The highest BCUT2D eigenvalue weighted by atomic mass is 16.6. The van der Waals surface area contributed by atoms with E-state index in [1.54, 1.807) is 0 Å². The maximum absolute atomic E-state index is 12.9. The topological polar surface area (TPSA) is 78.9 Å². The second-order valence-corrected chi connectivity index (χ2v) is 24.2. The van der Waals surface area contributed by atoms with Crippen LogP contribution >= 0.6 is 0 Å². The van der Waals surface area contributed by atoms with Crippen molar-refractivity contribution in [1.82, 2.24) is 0 Å². The van der Waals surface area contributed by atoms with Gasteiger partial charge in [-0.25, -0.2) is 0 Å². The van der Waals surface area contributed by atoms with Gasteiger partial charge in [-0.15, -0.1) is 0 Å². The van der Waals surface area contributed by atoms with Crippen molar-refractivity contribution in [2.75, 3.05) is 13.2 Å². The summed E-state index contributed by atoms with van der Waals surface area (Å²) in [5.41, 5.74) is 0. The van der Waals surface area contributed by atoms with E-state index in [0.717, 1.165) is 57.8 Å². The molecule has 77 heavy (non-hydrogen) atoms. The van der Waals surface area contributed by atoms with Crippen LogP contribution in [0.2, 0.25) is 0 Å². The average Bonchev–Trinajstić information content (AvgIpc) is 3.43. The minimum absolute atomic E-state index is 0.0624. The number of unbranched alkanes of at least 4 members (excludes halogenated alkanes) is 53. The van der Waals surface area contributed by atoms with Crippen molar-refractivity contribution in [3.05, 3.63) is 12.2 Å². The molecular formula is C71H136O6. The van der Waals surface area contributed by atoms with Crippen molar-refractivity contribution in [3.63, 3.8) is 0 Å². The zero-order chi connectivity index (χ0) is 55.7. The van der Waals surface area contributed by atoms with E-state index in [4.69, 9.17) is 14.2 Å². The summed E-state index contributed by atoms with van der Waals surface area (Å²) in [5, 5.41) is 0. The first-order valence-electron chi connectivity index (χ1n) is 35.2. The molecule has 6 heteroatoms. The maximum atomic E-state index is 12.9. The number of allylic oxidation sites excluding steroid dienone is 2. The summed E-state index contributed by atoms with van der Waals surface area (Å²) in [4.78, 5) is 38.3. The molecule has 0 spiro atoms. The molecule has 0 bridgehead atoms. The van der Waals surface area contributed by atoms with Crippen molar-refractivity contribution in [2.45, 2.75) is 412 Å². The Morgan fingerprint density at radius 3 is 0.649 bits per heavy atom. The summed E-state index contributed by atoms with van der Waals surface area (Å²) in [7, 11) is 0. The molecule has 0 radical (unpaired) electrons. The predicted molar refractivity (Wildman–Crippen MR) is 335 cm³/mol. The minimum Gasteiger partial charge on any atom is -0.462 e. The van der Waals surface area contributed by atoms with E-state index in [1.807, 2.05) is 0 Å². The molecule has 0 amide bonds. The lowest BCUT2D eigenvalue weighted by molar-refractivity contribution is -0.167. The van der Waals surface area contributed by atoms with Crippen molar-refractivity contribution in [1.29, 1.82) is 0 Å². The minimum atomic E-state index is -0.764. The quantitative estimate of drug-likeness (QED) is 0.0261. The van der Waals surface area contributed by atoms with E-state index in [2.05, 4.69) is 32.9 Å². The largest absolute Gasteiger partial charge is 0.462 e. The van der Waals surface area contributed by atoms with Gasteiger partial charge in [0.2, 0.25) is 0 Å². The molecule has 0 saturated carbocycles. The highest BCUT2D eigenvalue weighted by Crippen LogP contribution is 2.19. The molecule has 456 valence electrons. The number of esters is 3. The van der Waals surface area contributed by atoms with Crippen molar-refractivity contribution in [3.8, 4) is 0 Å². The number of carbonyl (C=O) groups is 3. The Morgan fingerprint density at radius 2 is 0.429 bits per heavy atom. The number of carbonyl (C=O) groups excluding carboxylic acids is 3. The van der Waals surface area contributed by atoms with Crippen molar-refractivity contribution >= 4 is 17.9 Å². The Morgan fingerprint density at radius 1 is 0.247 bits per heavy atom. The smallest absolute Gasteiger partial charge is 0.306 e. The highest BCUT2D eigenvalue weighted by molar-refractivity contribution is 5.71. The molecule has 0 aromatic heterocycles. The summed E-state index contributed by atoms with van der Waals surface area (Å²) in [6.45, 7) is 6.71. The van der Waals surface area contributed by atoms with Gasteiger partial charge in [0.1, 0.15) is 13.2 Å². The van der Waals surface area contributed by atoms with E-state index in [-0.39, 0.29) is 31.1 Å². The van der Waals surface area contributed by atoms with Gasteiger partial charge >= 0.3 is 17.9 Å². The van der Waals surface area contributed by atoms with E-state index >= 15 is 0 Å². The van der Waals surface area contributed by atoms with E-state index in [1.165, 1.54) is 308 Å². The fourth-order valence-corrected chi connectivity index (χ4v) is 11.0. The number of ether oxygens (including phenoxy) is 3. The molecule has 0 saturated heterocycles. The van der Waals surface area contributed by atoms with Crippen molar-refractivity contribution in [2.24, 2.45) is 0 Å². The second-order valence-electron chi connectivity index (χ2n) is 24.2. The van der Waals surface area contributed by atoms with Gasteiger partial charge < -0.3 is 14.2 Å². The fourth-order valence-electron chi connectivity index (χ4n) is 11.0. The number of hydrogen-bond acceptors (Lipinski definition) is 6. The van der Waals surface area contributed by atoms with Crippen LogP contribution in [0.5, 0.6) is 0 Å². The van der Waals surface area contributed by atoms with Gasteiger partial charge in [-0.2, -0.15) is 0 Å². The van der Waals surface area contributed by atoms with Crippen LogP contribution < -0.4 is 0 Å². The van der Waals surface area contributed by atoms with Gasteiger partial charge in [0.05, 0.1) is 0 Å². The van der Waals surface area contributed by atoms with Crippen LogP contribution in [0.4, 0.5) is 0 Å². The molecule has 0 aliphatic heterocycles. The normalized spacial score (nSPS) is 12.0. The van der Waals surface area contributed by atoms with Crippen LogP contribution in [0, 0.1) is 0 Å². The molecule has 0 aliphatic rings. The van der Waals surface area contributed by atoms with E-state index < -0.39 is 6.10 Å². The first-order chi connectivity index (χ1) is 38.0. The molecule has 0 aliphatic carbocycles. The summed E-state index contributed by atoms with van der Waals surface area (Å²) >= 11 is 0. The molecular weight excluding hydrogens is 949 g/mol. The molecule has 0 aromatic rings. The van der Waals surface area contributed by atoms with E-state index in [0.29, 0.717) is 19.3 Å². The molecule has 0 heterocycles. The zero-order valence-corrected chi connectivity index (χ0v) is 52.5. The van der Waals surface area contributed by atoms with Gasteiger partial charge in [-0.05, 0) is 44.9 Å². The summed E-state index contributed by atoms with van der Waals surface area (Å²) < 4.78 is 17.0. The summed E-state index contributed by atoms with van der Waals surface area (Å²) in [6.07, 6.45) is 79.7. The Hall–Kier alpha value is -1.85. The lowest BCUT2D eigenvalue weighted by Gasteiger charge is -2.18. The fraction of sp³-hybridized carbons (Fsp3) is 0.930. The maximum Gasteiger partial charge on any atom is 0.306 e. The Bertz CT molecular complexity index is 1200. The second kappa shape index (κ2) is 66.7.